The van der Waals surface area contributed by atoms with Gasteiger partial charge in [-0.05, 0) is 6.07 Å². The normalized spacial score (nSPS) is 10.8. The third-order valence-electron chi connectivity index (χ3n) is 2.41. The molecule has 2 rings (SSSR count). The molecule has 0 atom stereocenters. The molecule has 0 radical (unpaired) electrons. The minimum atomic E-state index is -0.638. The van der Waals surface area contributed by atoms with Crippen LogP contribution in [-0.2, 0) is 7.05 Å². The second kappa shape index (κ2) is 3.79. The molecule has 2 aromatic rings. The zero-order valence-corrected chi connectivity index (χ0v) is 9.10. The van der Waals surface area contributed by atoms with E-state index in [1.54, 1.807) is 24.3 Å². The average molecular weight is 240 g/mol. The van der Waals surface area contributed by atoms with Crippen LogP contribution in [0.25, 0.3) is 10.9 Å². The molecular formula is C10H8ClN2O3-. The van der Waals surface area contributed by atoms with Gasteiger partial charge in [0.25, 0.3) is 5.56 Å². The molecule has 0 unspecified atom stereocenters. The van der Waals surface area contributed by atoms with E-state index in [1.165, 1.54) is 11.6 Å². The van der Waals surface area contributed by atoms with E-state index in [0.29, 0.717) is 10.9 Å². The van der Waals surface area contributed by atoms with Crippen LogP contribution in [-0.4, -0.2) is 9.77 Å². The second-order valence-electron chi connectivity index (χ2n) is 3.32. The zero-order chi connectivity index (χ0) is 11.9. The van der Waals surface area contributed by atoms with Crippen LogP contribution in [0, 0.1) is 5.21 Å². The number of anilines is 1. The largest absolute Gasteiger partial charge is 0.733 e. The molecular weight excluding hydrogens is 232 g/mol. The number of pyridine rings is 1. The van der Waals surface area contributed by atoms with Gasteiger partial charge in [-0.2, -0.15) is 0 Å². The van der Waals surface area contributed by atoms with Crippen molar-refractivity contribution in [2.45, 2.75) is 0 Å². The van der Waals surface area contributed by atoms with Crippen LogP contribution >= 0.6 is 11.6 Å². The summed E-state index contributed by atoms with van der Waals surface area (Å²) < 4.78 is 1.26. The van der Waals surface area contributed by atoms with Crippen LogP contribution < -0.4 is 10.8 Å². The molecule has 0 spiro atoms. The maximum absolute atomic E-state index is 11.7. The molecule has 1 N–H and O–H groups in total. The molecule has 5 nitrogen and oxygen atoms in total. The number of hydrogen-bond donors (Lipinski definition) is 1. The van der Waals surface area contributed by atoms with Crippen LogP contribution in [0.15, 0.2) is 29.1 Å². The highest BCUT2D eigenvalue weighted by Gasteiger charge is 2.13. The molecule has 0 saturated heterocycles. The van der Waals surface area contributed by atoms with Crippen molar-refractivity contribution in [2.75, 3.05) is 5.23 Å². The Morgan fingerprint density at radius 3 is 2.69 bits per heavy atom. The highest BCUT2D eigenvalue weighted by atomic mass is 35.5. The number of nitrogens with zero attached hydrogens (tertiary/aromatic N) is 2. The lowest BCUT2D eigenvalue weighted by Gasteiger charge is -2.23. The van der Waals surface area contributed by atoms with Gasteiger partial charge in [-0.15, -0.1) is 0 Å². The molecule has 1 aromatic heterocycles. The highest BCUT2D eigenvalue weighted by Crippen LogP contribution is 2.28. The summed E-state index contributed by atoms with van der Waals surface area (Å²) in [7, 11) is 1.51. The molecule has 0 saturated carbocycles. The Hall–Kier alpha value is -1.56. The zero-order valence-electron chi connectivity index (χ0n) is 8.35. The molecule has 1 heterocycles. The lowest BCUT2D eigenvalue weighted by Crippen LogP contribution is -2.25. The fourth-order valence-corrected chi connectivity index (χ4v) is 1.92. The molecule has 0 aliphatic carbocycles. The summed E-state index contributed by atoms with van der Waals surface area (Å²) in [6, 6.07) is 6.86. The standard InChI is InChI=1S/C10H8ClN2O3/c1-12-7-5-3-2-4-6(7)8(11)9(10(12)14)13(15)16/h2-5,15H,1H3/q-1. The average Bonchev–Trinajstić information content (AvgIpc) is 2.26. The number of aryl methyl sites for hydroxylation is 1. The van der Waals surface area contributed by atoms with E-state index in [-0.39, 0.29) is 5.02 Å². The number of rotatable bonds is 1. The van der Waals surface area contributed by atoms with Gasteiger partial charge in [-0.3, -0.25) is 10.0 Å². The van der Waals surface area contributed by atoms with Gasteiger partial charge in [0.1, 0.15) is 5.69 Å². The van der Waals surface area contributed by atoms with E-state index in [2.05, 4.69) is 0 Å². The second-order valence-corrected chi connectivity index (χ2v) is 3.69. The van der Waals surface area contributed by atoms with E-state index >= 15 is 0 Å². The fraction of sp³-hybridized carbons (Fsp3) is 0.100. The lowest BCUT2D eigenvalue weighted by atomic mass is 10.2. The first kappa shape index (κ1) is 10.9. The van der Waals surface area contributed by atoms with Crippen molar-refractivity contribution in [1.82, 2.24) is 4.57 Å². The Balaban J connectivity index is 3.01. The molecule has 16 heavy (non-hydrogen) atoms. The number of para-hydroxylation sites is 1. The lowest BCUT2D eigenvalue weighted by molar-refractivity contribution is 0.295. The number of aromatic nitrogens is 1. The Bertz CT molecular complexity index is 607. The van der Waals surface area contributed by atoms with E-state index in [4.69, 9.17) is 16.8 Å². The Kier molecular flexibility index (Phi) is 2.59. The first-order valence-corrected chi connectivity index (χ1v) is 4.85. The molecule has 1 aromatic carbocycles. The summed E-state index contributed by atoms with van der Waals surface area (Å²) in [5.74, 6) is 0. The van der Waals surface area contributed by atoms with Crippen molar-refractivity contribution in [2.24, 2.45) is 7.05 Å². The maximum Gasteiger partial charge on any atom is 0.277 e. The smallest absolute Gasteiger partial charge is 0.277 e. The molecule has 0 bridgehead atoms. The number of benzene rings is 1. The molecule has 0 aliphatic heterocycles. The molecule has 0 amide bonds. The Morgan fingerprint density at radius 2 is 2.06 bits per heavy atom. The monoisotopic (exact) mass is 239 g/mol. The molecule has 0 fully saturated rings. The van der Waals surface area contributed by atoms with Crippen LogP contribution in [0.4, 0.5) is 5.69 Å². The van der Waals surface area contributed by atoms with Gasteiger partial charge in [0.2, 0.25) is 0 Å². The predicted octanol–water partition coefficient (Wildman–Crippen LogP) is 1.89. The summed E-state index contributed by atoms with van der Waals surface area (Å²) in [4.78, 5) is 11.7. The van der Waals surface area contributed by atoms with Crippen molar-refractivity contribution in [1.29, 1.82) is 0 Å². The van der Waals surface area contributed by atoms with E-state index < -0.39 is 16.5 Å². The van der Waals surface area contributed by atoms with Gasteiger partial charge in [-0.1, -0.05) is 29.8 Å². The molecule has 0 aliphatic rings. The van der Waals surface area contributed by atoms with E-state index in [0.717, 1.165) is 0 Å². The van der Waals surface area contributed by atoms with Crippen LogP contribution in [0.2, 0.25) is 5.02 Å². The van der Waals surface area contributed by atoms with Crippen LogP contribution in [0.3, 0.4) is 0 Å². The Morgan fingerprint density at radius 1 is 1.44 bits per heavy atom. The van der Waals surface area contributed by atoms with Crippen LogP contribution in [0.1, 0.15) is 0 Å². The van der Waals surface area contributed by atoms with Crippen molar-refractivity contribution in [3.63, 3.8) is 0 Å². The van der Waals surface area contributed by atoms with E-state index in [1.807, 2.05) is 0 Å². The fourth-order valence-electron chi connectivity index (χ4n) is 1.61. The summed E-state index contributed by atoms with van der Waals surface area (Å²) in [6.45, 7) is 0. The van der Waals surface area contributed by atoms with Gasteiger partial charge in [0.15, 0.2) is 0 Å². The minimum Gasteiger partial charge on any atom is -0.733 e. The van der Waals surface area contributed by atoms with Gasteiger partial charge >= 0.3 is 0 Å². The third-order valence-corrected chi connectivity index (χ3v) is 2.79. The van der Waals surface area contributed by atoms with Gasteiger partial charge < -0.3 is 15.0 Å². The highest BCUT2D eigenvalue weighted by molar-refractivity contribution is 6.38. The topological polar surface area (TPSA) is 68.5 Å². The Labute approximate surface area is 95.6 Å². The minimum absolute atomic E-state index is 0.0452. The quantitative estimate of drug-likeness (QED) is 0.772. The third kappa shape index (κ3) is 1.46. The SMILES string of the molecule is Cn1c(=O)c(N([O-])O)c(Cl)c2ccccc21. The van der Waals surface area contributed by atoms with Gasteiger partial charge in [0, 0.05) is 12.4 Å². The first-order valence-electron chi connectivity index (χ1n) is 4.47. The first-order chi connectivity index (χ1) is 7.54. The number of halogens is 1. The molecule has 84 valence electrons. The van der Waals surface area contributed by atoms with Crippen molar-refractivity contribution in [3.05, 3.63) is 44.8 Å². The molecule has 6 heteroatoms. The van der Waals surface area contributed by atoms with Crippen molar-refractivity contribution in [3.8, 4) is 0 Å². The van der Waals surface area contributed by atoms with Crippen molar-refractivity contribution >= 4 is 28.2 Å². The van der Waals surface area contributed by atoms with Gasteiger partial charge in [-0.25, -0.2) is 0 Å². The predicted molar refractivity (Wildman–Crippen MR) is 61.8 cm³/mol. The maximum atomic E-state index is 11.7. The van der Waals surface area contributed by atoms with Crippen molar-refractivity contribution < 1.29 is 5.21 Å². The van der Waals surface area contributed by atoms with E-state index in [9.17, 15) is 10.0 Å². The summed E-state index contributed by atoms with van der Waals surface area (Å²) in [6.07, 6.45) is 0. The summed E-state index contributed by atoms with van der Waals surface area (Å²) >= 11 is 5.90. The van der Waals surface area contributed by atoms with Crippen LogP contribution in [0.5, 0.6) is 0 Å². The summed E-state index contributed by atoms with van der Waals surface area (Å²) in [5.41, 5.74) is -0.507. The summed E-state index contributed by atoms with van der Waals surface area (Å²) in [5, 5.41) is 19.7. The number of fused-ring (bicyclic) bond motifs is 1. The number of hydrogen-bond acceptors (Lipinski definition) is 4. The van der Waals surface area contributed by atoms with Gasteiger partial charge in [0.05, 0.1) is 10.5 Å².